The van der Waals surface area contributed by atoms with E-state index in [1.165, 1.54) is 7.05 Å². The Hall–Kier alpha value is -0.610. The first kappa shape index (κ1) is 8.39. The molecule has 0 saturated carbocycles. The molecule has 0 aromatic heterocycles. The van der Waals surface area contributed by atoms with E-state index in [4.69, 9.17) is 10.2 Å². The van der Waals surface area contributed by atoms with Gasteiger partial charge in [-0.15, -0.1) is 0 Å². The fourth-order valence-electron chi connectivity index (χ4n) is 0.393. The van der Waals surface area contributed by atoms with Crippen molar-refractivity contribution in [2.45, 2.75) is 19.1 Å². The van der Waals surface area contributed by atoms with Gasteiger partial charge in [0.25, 0.3) is 0 Å². The molecule has 0 aromatic carbocycles. The van der Waals surface area contributed by atoms with E-state index in [2.05, 4.69) is 5.32 Å². The van der Waals surface area contributed by atoms with E-state index in [9.17, 15) is 4.79 Å². The summed E-state index contributed by atoms with van der Waals surface area (Å²) in [4.78, 5) is 10.4. The molecular formula is C5H11NO3. The van der Waals surface area contributed by atoms with Gasteiger partial charge in [0, 0.05) is 7.05 Å². The normalized spacial score (nSPS) is 11.1. The summed E-state index contributed by atoms with van der Waals surface area (Å²) in [6.07, 6.45) is -0.288. The summed E-state index contributed by atoms with van der Waals surface area (Å²) < 4.78 is 0. The molecule has 0 unspecified atom stereocenters. The highest BCUT2D eigenvalue weighted by Crippen LogP contribution is 2.01. The second-order valence-electron chi connectivity index (χ2n) is 2.07. The van der Waals surface area contributed by atoms with E-state index in [0.717, 1.165) is 6.92 Å². The van der Waals surface area contributed by atoms with E-state index >= 15 is 0 Å². The Bertz CT molecular complexity index is 105. The number of amides is 1. The maximum absolute atomic E-state index is 10.4. The second kappa shape index (κ2) is 2.80. The van der Waals surface area contributed by atoms with Crippen molar-refractivity contribution in [3.63, 3.8) is 0 Å². The summed E-state index contributed by atoms with van der Waals surface area (Å²) in [7, 11) is 1.44. The molecule has 1 amide bonds. The third-order valence-corrected chi connectivity index (χ3v) is 0.774. The highest BCUT2D eigenvalue weighted by atomic mass is 16.5. The van der Waals surface area contributed by atoms with Gasteiger partial charge in [-0.25, -0.2) is 0 Å². The Balaban J connectivity index is 3.60. The molecule has 0 bridgehead atoms. The number of carbonyl (C=O) groups excluding carboxylic acids is 1. The summed E-state index contributed by atoms with van der Waals surface area (Å²) in [6, 6.07) is 0. The number of hydrogen-bond donors (Lipinski definition) is 3. The van der Waals surface area contributed by atoms with Crippen LogP contribution in [0.5, 0.6) is 0 Å². The number of aliphatic hydroxyl groups is 2. The van der Waals surface area contributed by atoms with Crippen molar-refractivity contribution in [3.8, 4) is 0 Å². The van der Waals surface area contributed by atoms with Crippen LogP contribution < -0.4 is 5.32 Å². The van der Waals surface area contributed by atoms with Crippen molar-refractivity contribution in [1.29, 1.82) is 0 Å². The Morgan fingerprint density at radius 2 is 2.11 bits per heavy atom. The molecule has 0 aromatic rings. The van der Waals surface area contributed by atoms with Gasteiger partial charge in [-0.3, -0.25) is 4.79 Å². The van der Waals surface area contributed by atoms with Crippen LogP contribution in [-0.2, 0) is 4.79 Å². The third kappa shape index (κ3) is 5.26. The van der Waals surface area contributed by atoms with Gasteiger partial charge in [-0.1, -0.05) is 0 Å². The van der Waals surface area contributed by atoms with Crippen LogP contribution in [0, 0.1) is 0 Å². The molecule has 4 heteroatoms. The van der Waals surface area contributed by atoms with E-state index < -0.39 is 5.79 Å². The molecule has 3 N–H and O–H groups in total. The lowest BCUT2D eigenvalue weighted by atomic mass is 10.2. The van der Waals surface area contributed by atoms with Gasteiger partial charge < -0.3 is 15.5 Å². The van der Waals surface area contributed by atoms with Crippen molar-refractivity contribution in [2.24, 2.45) is 0 Å². The third-order valence-electron chi connectivity index (χ3n) is 0.774. The monoisotopic (exact) mass is 133 g/mol. The predicted octanol–water partition coefficient (Wildman–Crippen LogP) is -1.18. The van der Waals surface area contributed by atoms with Gasteiger partial charge in [0.15, 0.2) is 5.79 Å². The van der Waals surface area contributed by atoms with Crippen LogP contribution in [0.2, 0.25) is 0 Å². The molecule has 0 fully saturated rings. The zero-order valence-corrected chi connectivity index (χ0v) is 5.51. The van der Waals surface area contributed by atoms with Crippen LogP contribution in [0.3, 0.4) is 0 Å². The SMILES string of the molecule is CNC(=O)CC(C)(O)O. The fourth-order valence-corrected chi connectivity index (χ4v) is 0.393. The lowest BCUT2D eigenvalue weighted by Crippen LogP contribution is -2.32. The van der Waals surface area contributed by atoms with Crippen molar-refractivity contribution in [2.75, 3.05) is 7.05 Å². The summed E-state index contributed by atoms with van der Waals surface area (Å²) in [5.41, 5.74) is 0. The molecule has 0 heterocycles. The van der Waals surface area contributed by atoms with Crippen LogP contribution in [0.15, 0.2) is 0 Å². The first-order valence-corrected chi connectivity index (χ1v) is 2.61. The van der Waals surface area contributed by atoms with E-state index in [0.29, 0.717) is 0 Å². The zero-order valence-electron chi connectivity index (χ0n) is 5.51. The van der Waals surface area contributed by atoms with Gasteiger partial charge in [0.1, 0.15) is 0 Å². The molecule has 0 spiro atoms. The highest BCUT2D eigenvalue weighted by molar-refractivity contribution is 5.76. The molecule has 0 aliphatic rings. The molecule has 0 radical (unpaired) electrons. The topological polar surface area (TPSA) is 69.6 Å². The number of nitrogens with one attached hydrogen (secondary N) is 1. The summed E-state index contributed by atoms with van der Waals surface area (Å²) >= 11 is 0. The minimum atomic E-state index is -1.89. The van der Waals surface area contributed by atoms with Crippen LogP contribution in [-0.4, -0.2) is 29.0 Å². The van der Waals surface area contributed by atoms with Crippen LogP contribution in [0.1, 0.15) is 13.3 Å². The Morgan fingerprint density at radius 3 is 2.22 bits per heavy atom. The largest absolute Gasteiger partial charge is 0.365 e. The van der Waals surface area contributed by atoms with Gasteiger partial charge in [-0.05, 0) is 6.92 Å². The van der Waals surface area contributed by atoms with Crippen LogP contribution in [0.25, 0.3) is 0 Å². The summed E-state index contributed by atoms with van der Waals surface area (Å²) in [5.74, 6) is -2.28. The number of hydrogen-bond acceptors (Lipinski definition) is 3. The van der Waals surface area contributed by atoms with Gasteiger partial charge in [0.2, 0.25) is 5.91 Å². The smallest absolute Gasteiger partial charge is 0.225 e. The molecule has 4 nitrogen and oxygen atoms in total. The van der Waals surface area contributed by atoms with Crippen LogP contribution in [0.4, 0.5) is 0 Å². The maximum atomic E-state index is 10.4. The van der Waals surface area contributed by atoms with Gasteiger partial charge in [0.05, 0.1) is 6.42 Å². The second-order valence-corrected chi connectivity index (χ2v) is 2.07. The number of carbonyl (C=O) groups is 1. The molecule has 0 atom stereocenters. The lowest BCUT2D eigenvalue weighted by molar-refractivity contribution is -0.161. The lowest BCUT2D eigenvalue weighted by Gasteiger charge is -2.13. The van der Waals surface area contributed by atoms with Crippen molar-refractivity contribution in [3.05, 3.63) is 0 Å². The van der Waals surface area contributed by atoms with Crippen LogP contribution >= 0.6 is 0 Å². The Kier molecular flexibility index (Phi) is 2.61. The molecule has 54 valence electrons. The van der Waals surface area contributed by atoms with E-state index in [1.807, 2.05) is 0 Å². The quantitative estimate of drug-likeness (QED) is 0.415. The van der Waals surface area contributed by atoms with Crippen molar-refractivity contribution in [1.82, 2.24) is 5.32 Å². The minimum Gasteiger partial charge on any atom is -0.365 e. The van der Waals surface area contributed by atoms with E-state index in [1.54, 1.807) is 0 Å². The Morgan fingerprint density at radius 1 is 1.67 bits per heavy atom. The summed E-state index contributed by atoms with van der Waals surface area (Å²) in [6.45, 7) is 1.16. The van der Waals surface area contributed by atoms with Gasteiger partial charge in [-0.2, -0.15) is 0 Å². The molecular weight excluding hydrogens is 122 g/mol. The summed E-state index contributed by atoms with van der Waals surface area (Å²) in [5, 5.41) is 19.5. The van der Waals surface area contributed by atoms with Crippen molar-refractivity contribution >= 4 is 5.91 Å². The zero-order chi connectivity index (χ0) is 7.49. The molecule has 0 rings (SSSR count). The molecule has 0 aliphatic carbocycles. The standard InChI is InChI=1S/C5H11NO3/c1-5(8,9)3-4(7)6-2/h8-9H,3H2,1-2H3,(H,6,7). The number of rotatable bonds is 2. The van der Waals surface area contributed by atoms with Gasteiger partial charge >= 0.3 is 0 Å². The molecule has 0 aliphatic heterocycles. The average molecular weight is 133 g/mol. The fraction of sp³-hybridized carbons (Fsp3) is 0.800. The minimum absolute atomic E-state index is 0.288. The first-order chi connectivity index (χ1) is 3.95. The average Bonchev–Trinajstić information content (AvgIpc) is 1.62. The predicted molar refractivity (Wildman–Crippen MR) is 31.5 cm³/mol. The molecule has 9 heavy (non-hydrogen) atoms. The first-order valence-electron chi connectivity index (χ1n) is 2.61. The highest BCUT2D eigenvalue weighted by Gasteiger charge is 2.18. The molecule has 0 saturated heterocycles. The Labute approximate surface area is 53.5 Å². The van der Waals surface area contributed by atoms with E-state index in [-0.39, 0.29) is 12.3 Å². The maximum Gasteiger partial charge on any atom is 0.225 e. The van der Waals surface area contributed by atoms with Crippen molar-refractivity contribution < 1.29 is 15.0 Å².